The Morgan fingerprint density at radius 2 is 1.87 bits per heavy atom. The third-order valence-electron chi connectivity index (χ3n) is 3.17. The molecule has 0 saturated heterocycles. The maximum Gasteiger partial charge on any atom is 0.251 e. The number of aliphatic imine (C=N–C) groups is 1. The Morgan fingerprint density at radius 3 is 2.43 bits per heavy atom. The summed E-state index contributed by atoms with van der Waals surface area (Å²) in [5.41, 5.74) is 2.88. The van der Waals surface area contributed by atoms with E-state index in [0.29, 0.717) is 5.57 Å². The Balaban J connectivity index is 2.98. The topological polar surface area (TPSA) is 41.5 Å². The molecule has 1 N–H and O–H groups in total. The monoisotopic (exact) mass is 308 g/mol. The van der Waals surface area contributed by atoms with Crippen LogP contribution in [0.25, 0.3) is 0 Å². The van der Waals surface area contributed by atoms with E-state index in [9.17, 15) is 4.79 Å². The molecule has 0 aliphatic carbocycles. The number of carbonyl (C=O) groups is 1. The Hall–Kier alpha value is -2.68. The number of rotatable bonds is 7. The van der Waals surface area contributed by atoms with Gasteiger partial charge in [0, 0.05) is 17.5 Å². The Bertz CT molecular complexity index is 651. The molecule has 0 fully saturated rings. The van der Waals surface area contributed by atoms with Crippen LogP contribution in [-0.2, 0) is 4.79 Å². The van der Waals surface area contributed by atoms with Gasteiger partial charge < -0.3 is 5.32 Å². The van der Waals surface area contributed by atoms with Gasteiger partial charge in [-0.05, 0) is 38.0 Å². The van der Waals surface area contributed by atoms with Crippen molar-refractivity contribution in [1.29, 1.82) is 0 Å². The van der Waals surface area contributed by atoms with Gasteiger partial charge >= 0.3 is 0 Å². The number of nitrogens with zero attached hydrogens (tertiary/aromatic N) is 1. The highest BCUT2D eigenvalue weighted by Gasteiger charge is 2.17. The Kier molecular flexibility index (Phi) is 7.48. The van der Waals surface area contributed by atoms with Crippen LogP contribution in [0.3, 0.4) is 0 Å². The third kappa shape index (κ3) is 5.91. The molecule has 1 unspecified atom stereocenters. The fraction of sp³-hybridized carbons (Fsp3) is 0.200. The fourth-order valence-electron chi connectivity index (χ4n) is 2.13. The molecule has 1 rings (SSSR count). The van der Waals surface area contributed by atoms with Crippen molar-refractivity contribution in [3.63, 3.8) is 0 Å². The molecular formula is C20H24N2O. The normalized spacial score (nSPS) is 13.3. The number of carbonyl (C=O) groups excluding carboxylic acids is 1. The van der Waals surface area contributed by atoms with Gasteiger partial charge in [-0.1, -0.05) is 55.6 Å². The zero-order valence-electron chi connectivity index (χ0n) is 14.0. The molecule has 3 heteroatoms. The number of nitrogens with one attached hydrogen (secondary N) is 1. The largest absolute Gasteiger partial charge is 0.341 e. The van der Waals surface area contributed by atoms with Crippen LogP contribution in [0, 0.1) is 0 Å². The molecule has 0 bridgehead atoms. The highest BCUT2D eigenvalue weighted by atomic mass is 16.1. The molecule has 120 valence electrons. The molecular weight excluding hydrogens is 284 g/mol. The van der Waals surface area contributed by atoms with Gasteiger partial charge in [-0.25, -0.2) is 0 Å². The van der Waals surface area contributed by atoms with Crippen LogP contribution in [0.4, 0.5) is 0 Å². The summed E-state index contributed by atoms with van der Waals surface area (Å²) < 4.78 is 0. The first-order valence-electron chi connectivity index (χ1n) is 7.52. The van der Waals surface area contributed by atoms with Crippen molar-refractivity contribution >= 4 is 12.1 Å². The lowest BCUT2D eigenvalue weighted by atomic mass is 9.99. The highest BCUT2D eigenvalue weighted by molar-refractivity contribution is 5.96. The van der Waals surface area contributed by atoms with Crippen molar-refractivity contribution < 1.29 is 4.79 Å². The smallest absolute Gasteiger partial charge is 0.251 e. The summed E-state index contributed by atoms with van der Waals surface area (Å²) in [6.45, 7) is 13.4. The number of hydrogen-bond acceptors (Lipinski definition) is 2. The van der Waals surface area contributed by atoms with E-state index in [2.05, 4.69) is 23.5 Å². The minimum absolute atomic E-state index is 0.241. The summed E-state index contributed by atoms with van der Waals surface area (Å²) in [5.74, 6) is -0.241. The predicted octanol–water partition coefficient (Wildman–Crippen LogP) is 4.53. The van der Waals surface area contributed by atoms with Gasteiger partial charge in [0.1, 0.15) is 0 Å². The molecule has 0 aliphatic heterocycles. The first-order valence-corrected chi connectivity index (χ1v) is 7.52. The van der Waals surface area contributed by atoms with Crippen molar-refractivity contribution in [1.82, 2.24) is 5.32 Å². The number of amides is 1. The Labute approximate surface area is 138 Å². The third-order valence-corrected chi connectivity index (χ3v) is 3.17. The summed E-state index contributed by atoms with van der Waals surface area (Å²) in [5, 5.41) is 2.98. The van der Waals surface area contributed by atoms with Crippen molar-refractivity contribution in [3.8, 4) is 0 Å². The summed E-state index contributed by atoms with van der Waals surface area (Å²) in [4.78, 5) is 16.5. The van der Waals surface area contributed by atoms with Gasteiger partial charge in [-0.2, -0.15) is 0 Å². The van der Waals surface area contributed by atoms with E-state index in [1.807, 2.05) is 63.3 Å². The van der Waals surface area contributed by atoms with Gasteiger partial charge in [0.25, 0.3) is 5.91 Å². The minimum atomic E-state index is -0.292. The van der Waals surface area contributed by atoms with E-state index in [1.165, 1.54) is 0 Å². The zero-order chi connectivity index (χ0) is 17.2. The zero-order valence-corrected chi connectivity index (χ0v) is 14.0. The number of hydrogen-bond donors (Lipinski definition) is 1. The molecule has 1 amide bonds. The lowest BCUT2D eigenvalue weighted by molar-refractivity contribution is -0.117. The average Bonchev–Trinajstić information content (AvgIpc) is 2.53. The van der Waals surface area contributed by atoms with E-state index in [1.54, 1.807) is 12.3 Å². The SMILES string of the molecule is C=C(/C=C(\C)N=CC)C(=O)NC(C(=C)C=CC)c1ccccc1. The van der Waals surface area contributed by atoms with Gasteiger partial charge in [0.2, 0.25) is 0 Å². The summed E-state index contributed by atoms with van der Waals surface area (Å²) in [6.07, 6.45) is 7.13. The molecule has 3 nitrogen and oxygen atoms in total. The van der Waals surface area contributed by atoms with Gasteiger partial charge in [-0.3, -0.25) is 9.79 Å². The van der Waals surface area contributed by atoms with Crippen LogP contribution in [0.5, 0.6) is 0 Å². The number of benzene rings is 1. The minimum Gasteiger partial charge on any atom is -0.341 e. The second-order valence-electron chi connectivity index (χ2n) is 5.09. The standard InChI is InChI=1S/C20H24N2O/c1-6-11-15(3)19(18-12-9-8-10-13-18)22-20(23)16(4)14-17(5)21-7-2/h6-14,19H,3-4H2,1-2,5H3,(H,22,23)/b11-6?,17-14+,21-7?. The predicted molar refractivity (Wildman–Crippen MR) is 98.3 cm³/mol. The summed E-state index contributed by atoms with van der Waals surface area (Å²) in [7, 11) is 0. The molecule has 1 atom stereocenters. The van der Waals surface area contributed by atoms with Crippen LogP contribution in [0.15, 0.2) is 83.6 Å². The van der Waals surface area contributed by atoms with E-state index >= 15 is 0 Å². The quantitative estimate of drug-likeness (QED) is 0.449. The van der Waals surface area contributed by atoms with Crippen molar-refractivity contribution in [3.05, 3.63) is 84.1 Å². The van der Waals surface area contributed by atoms with E-state index in [4.69, 9.17) is 0 Å². The molecule has 23 heavy (non-hydrogen) atoms. The van der Waals surface area contributed by atoms with E-state index in [-0.39, 0.29) is 11.9 Å². The first-order chi connectivity index (χ1) is 11.0. The molecule has 0 aromatic heterocycles. The second-order valence-corrected chi connectivity index (χ2v) is 5.09. The summed E-state index contributed by atoms with van der Waals surface area (Å²) in [6, 6.07) is 9.45. The van der Waals surface area contributed by atoms with E-state index < -0.39 is 0 Å². The molecule has 0 radical (unpaired) electrons. The molecule has 0 saturated carbocycles. The number of allylic oxidation sites excluding steroid dienone is 2. The maximum atomic E-state index is 12.4. The molecule has 1 aromatic carbocycles. The lowest BCUT2D eigenvalue weighted by Gasteiger charge is -2.20. The summed E-state index contributed by atoms with van der Waals surface area (Å²) >= 11 is 0. The van der Waals surface area contributed by atoms with Gasteiger partial charge in [0.15, 0.2) is 0 Å². The fourth-order valence-corrected chi connectivity index (χ4v) is 2.13. The Morgan fingerprint density at radius 1 is 1.22 bits per heavy atom. The van der Waals surface area contributed by atoms with Gasteiger partial charge in [-0.15, -0.1) is 0 Å². The average molecular weight is 308 g/mol. The molecule has 0 heterocycles. The molecule has 0 aliphatic rings. The van der Waals surface area contributed by atoms with Crippen LogP contribution < -0.4 is 5.32 Å². The highest BCUT2D eigenvalue weighted by Crippen LogP contribution is 2.22. The van der Waals surface area contributed by atoms with Crippen LogP contribution in [0.2, 0.25) is 0 Å². The van der Waals surface area contributed by atoms with Crippen molar-refractivity contribution in [2.75, 3.05) is 0 Å². The molecule has 0 spiro atoms. The van der Waals surface area contributed by atoms with Gasteiger partial charge in [0.05, 0.1) is 6.04 Å². The van der Waals surface area contributed by atoms with Crippen LogP contribution in [-0.4, -0.2) is 12.1 Å². The van der Waals surface area contributed by atoms with E-state index in [0.717, 1.165) is 16.8 Å². The van der Waals surface area contributed by atoms with Crippen LogP contribution in [0.1, 0.15) is 32.4 Å². The maximum absolute atomic E-state index is 12.4. The second kappa shape index (κ2) is 9.36. The van der Waals surface area contributed by atoms with Crippen molar-refractivity contribution in [2.24, 2.45) is 4.99 Å². The lowest BCUT2D eigenvalue weighted by Crippen LogP contribution is -2.29. The van der Waals surface area contributed by atoms with Crippen LogP contribution >= 0.6 is 0 Å². The van der Waals surface area contributed by atoms with Crippen molar-refractivity contribution in [2.45, 2.75) is 26.8 Å². The molecule has 1 aromatic rings. The first kappa shape index (κ1) is 18.4.